The average Bonchev–Trinajstić information content (AvgIpc) is 2.30. The van der Waals surface area contributed by atoms with Crippen molar-refractivity contribution in [3.63, 3.8) is 0 Å². The first kappa shape index (κ1) is 13.0. The Kier molecular flexibility index (Phi) is 4.52. The van der Waals surface area contributed by atoms with E-state index in [1.165, 1.54) is 4.90 Å². The van der Waals surface area contributed by atoms with Gasteiger partial charge in [0.15, 0.2) is 0 Å². The highest BCUT2D eigenvalue weighted by Crippen LogP contribution is 2.19. The molecule has 1 amide bonds. The number of amides is 1. The number of esters is 1. The van der Waals surface area contributed by atoms with Crippen LogP contribution in [0.5, 0.6) is 0 Å². The number of rotatable bonds is 2. The summed E-state index contributed by atoms with van der Waals surface area (Å²) < 4.78 is 4.76. The van der Waals surface area contributed by atoms with E-state index in [9.17, 15) is 9.59 Å². The summed E-state index contributed by atoms with van der Waals surface area (Å²) in [5.41, 5.74) is 0.484. The molecule has 1 N–H and O–H groups in total. The van der Waals surface area contributed by atoms with Gasteiger partial charge in [-0.2, -0.15) is 5.26 Å². The minimum atomic E-state index is -1.04. The molecular formula is C11H14N2O4. The summed E-state index contributed by atoms with van der Waals surface area (Å²) in [6.07, 6.45) is 0.140. The van der Waals surface area contributed by atoms with Gasteiger partial charge in [0.2, 0.25) is 0 Å². The minimum Gasteiger partial charge on any atom is -0.465 e. The van der Waals surface area contributed by atoms with E-state index in [0.29, 0.717) is 25.0 Å². The van der Waals surface area contributed by atoms with Crippen molar-refractivity contribution in [3.8, 4) is 6.07 Å². The molecule has 0 aromatic rings. The zero-order chi connectivity index (χ0) is 12.8. The lowest BCUT2D eigenvalue weighted by atomic mass is 10.00. The van der Waals surface area contributed by atoms with Gasteiger partial charge in [-0.05, 0) is 25.3 Å². The summed E-state index contributed by atoms with van der Waals surface area (Å²) in [4.78, 5) is 23.5. The van der Waals surface area contributed by atoms with E-state index in [1.54, 1.807) is 13.0 Å². The van der Waals surface area contributed by atoms with Crippen LogP contribution in [0.4, 0.5) is 4.79 Å². The normalized spacial score (nSPS) is 18.2. The standard InChI is InChI=1S/C11H14N2O4/c1-2-17-10(14)9(6-12)8-4-3-5-13(7-8)11(15)16/h2-5,7H2,1H3,(H,15,16)/b9-8+. The second kappa shape index (κ2) is 5.89. The summed E-state index contributed by atoms with van der Waals surface area (Å²) in [5, 5.41) is 17.8. The van der Waals surface area contributed by atoms with E-state index in [0.717, 1.165) is 0 Å². The molecule has 0 aromatic carbocycles. The van der Waals surface area contributed by atoms with Crippen LogP contribution in [0.15, 0.2) is 11.1 Å². The van der Waals surface area contributed by atoms with Crippen LogP contribution in [0.3, 0.4) is 0 Å². The van der Waals surface area contributed by atoms with E-state index < -0.39 is 12.1 Å². The number of carboxylic acid groups (broad SMARTS) is 1. The molecule has 0 saturated carbocycles. The third-order valence-electron chi connectivity index (χ3n) is 2.50. The number of ether oxygens (including phenoxy) is 1. The quantitative estimate of drug-likeness (QED) is 0.442. The molecule has 92 valence electrons. The van der Waals surface area contributed by atoms with Gasteiger partial charge in [0, 0.05) is 13.1 Å². The highest BCUT2D eigenvalue weighted by atomic mass is 16.5. The summed E-state index contributed by atoms with van der Waals surface area (Å²) in [6.45, 7) is 2.39. The highest BCUT2D eigenvalue weighted by molar-refractivity contribution is 5.93. The molecule has 0 aliphatic carbocycles. The molecule has 0 bridgehead atoms. The molecular weight excluding hydrogens is 224 g/mol. The van der Waals surface area contributed by atoms with E-state index >= 15 is 0 Å². The average molecular weight is 238 g/mol. The summed E-state index contributed by atoms with van der Waals surface area (Å²) in [5.74, 6) is -0.669. The van der Waals surface area contributed by atoms with Gasteiger partial charge >= 0.3 is 12.1 Å². The lowest BCUT2D eigenvalue weighted by molar-refractivity contribution is -0.138. The van der Waals surface area contributed by atoms with Crippen LogP contribution in [0.2, 0.25) is 0 Å². The molecule has 6 nitrogen and oxygen atoms in total. The molecule has 1 fully saturated rings. The first-order valence-corrected chi connectivity index (χ1v) is 5.37. The Balaban J connectivity index is 2.89. The molecule has 1 saturated heterocycles. The van der Waals surface area contributed by atoms with Crippen LogP contribution >= 0.6 is 0 Å². The molecule has 1 rings (SSSR count). The van der Waals surface area contributed by atoms with Gasteiger partial charge in [-0.3, -0.25) is 0 Å². The van der Waals surface area contributed by atoms with Crippen LogP contribution in [-0.2, 0) is 9.53 Å². The van der Waals surface area contributed by atoms with Crippen molar-refractivity contribution >= 4 is 12.1 Å². The Morgan fingerprint density at radius 2 is 2.29 bits per heavy atom. The number of hydrogen-bond acceptors (Lipinski definition) is 4. The summed E-state index contributed by atoms with van der Waals surface area (Å²) >= 11 is 0. The van der Waals surface area contributed by atoms with E-state index in [4.69, 9.17) is 15.1 Å². The first-order chi connectivity index (χ1) is 8.10. The van der Waals surface area contributed by atoms with Crippen molar-refractivity contribution in [2.75, 3.05) is 19.7 Å². The molecule has 1 aliphatic rings. The van der Waals surface area contributed by atoms with Gasteiger partial charge in [-0.1, -0.05) is 0 Å². The van der Waals surface area contributed by atoms with Crippen molar-refractivity contribution in [2.24, 2.45) is 0 Å². The van der Waals surface area contributed by atoms with Crippen LogP contribution in [0.25, 0.3) is 0 Å². The van der Waals surface area contributed by atoms with Crippen molar-refractivity contribution in [1.82, 2.24) is 4.90 Å². The third kappa shape index (κ3) is 3.21. The van der Waals surface area contributed by atoms with Crippen LogP contribution < -0.4 is 0 Å². The summed E-state index contributed by atoms with van der Waals surface area (Å²) in [7, 11) is 0. The van der Waals surface area contributed by atoms with Crippen LogP contribution in [0.1, 0.15) is 19.8 Å². The minimum absolute atomic E-state index is 0.0576. The van der Waals surface area contributed by atoms with Gasteiger partial charge in [-0.25, -0.2) is 9.59 Å². The molecule has 6 heteroatoms. The Morgan fingerprint density at radius 1 is 1.59 bits per heavy atom. The molecule has 0 spiro atoms. The van der Waals surface area contributed by atoms with Gasteiger partial charge < -0.3 is 14.7 Å². The lowest BCUT2D eigenvalue weighted by Gasteiger charge is -2.26. The number of carbonyl (C=O) groups is 2. The van der Waals surface area contributed by atoms with E-state index in [-0.39, 0.29) is 18.7 Å². The Morgan fingerprint density at radius 3 is 2.82 bits per heavy atom. The number of nitriles is 1. The monoisotopic (exact) mass is 238 g/mol. The molecule has 1 heterocycles. The number of piperidine rings is 1. The number of hydrogen-bond donors (Lipinski definition) is 1. The van der Waals surface area contributed by atoms with Crippen molar-refractivity contribution < 1.29 is 19.4 Å². The van der Waals surface area contributed by atoms with E-state index in [2.05, 4.69) is 0 Å². The Labute approximate surface area is 99.1 Å². The fourth-order valence-corrected chi connectivity index (χ4v) is 1.71. The van der Waals surface area contributed by atoms with Crippen molar-refractivity contribution in [1.29, 1.82) is 5.26 Å². The van der Waals surface area contributed by atoms with E-state index in [1.807, 2.05) is 0 Å². The zero-order valence-corrected chi connectivity index (χ0v) is 9.60. The SMILES string of the molecule is CCOC(=O)/C(C#N)=C1\CCCN(C(=O)O)C1. The molecule has 0 aromatic heterocycles. The Bertz CT molecular complexity index is 395. The predicted molar refractivity (Wildman–Crippen MR) is 58.1 cm³/mol. The molecule has 0 radical (unpaired) electrons. The van der Waals surface area contributed by atoms with Gasteiger partial charge in [-0.15, -0.1) is 0 Å². The van der Waals surface area contributed by atoms with Crippen LogP contribution in [0, 0.1) is 11.3 Å². The molecule has 17 heavy (non-hydrogen) atoms. The summed E-state index contributed by atoms with van der Waals surface area (Å²) in [6, 6.07) is 1.80. The third-order valence-corrected chi connectivity index (χ3v) is 2.50. The predicted octanol–water partition coefficient (Wildman–Crippen LogP) is 1.14. The first-order valence-electron chi connectivity index (χ1n) is 5.37. The number of likely N-dealkylation sites (tertiary alicyclic amines) is 1. The second-order valence-corrected chi connectivity index (χ2v) is 3.62. The zero-order valence-electron chi connectivity index (χ0n) is 9.60. The molecule has 0 atom stereocenters. The molecule has 0 unspecified atom stereocenters. The van der Waals surface area contributed by atoms with Gasteiger partial charge in [0.25, 0.3) is 0 Å². The Hall–Kier alpha value is -2.03. The maximum atomic E-state index is 11.5. The number of nitrogens with zero attached hydrogens (tertiary/aromatic N) is 2. The highest BCUT2D eigenvalue weighted by Gasteiger charge is 2.24. The fraction of sp³-hybridized carbons (Fsp3) is 0.545. The number of carbonyl (C=O) groups excluding carboxylic acids is 1. The maximum Gasteiger partial charge on any atom is 0.407 e. The smallest absolute Gasteiger partial charge is 0.407 e. The largest absolute Gasteiger partial charge is 0.465 e. The lowest BCUT2D eigenvalue weighted by Crippen LogP contribution is -2.36. The second-order valence-electron chi connectivity index (χ2n) is 3.62. The van der Waals surface area contributed by atoms with Crippen molar-refractivity contribution in [2.45, 2.75) is 19.8 Å². The van der Waals surface area contributed by atoms with Crippen molar-refractivity contribution in [3.05, 3.63) is 11.1 Å². The van der Waals surface area contributed by atoms with Gasteiger partial charge in [0.05, 0.1) is 6.61 Å². The van der Waals surface area contributed by atoms with Gasteiger partial charge in [0.1, 0.15) is 11.6 Å². The van der Waals surface area contributed by atoms with Crippen LogP contribution in [-0.4, -0.2) is 41.8 Å². The maximum absolute atomic E-state index is 11.5. The fourth-order valence-electron chi connectivity index (χ4n) is 1.71. The molecule has 1 aliphatic heterocycles. The topological polar surface area (TPSA) is 90.6 Å².